The first-order valence-corrected chi connectivity index (χ1v) is 11.3. The van der Waals surface area contributed by atoms with Gasteiger partial charge in [0.25, 0.3) is 0 Å². The van der Waals surface area contributed by atoms with Crippen LogP contribution in [0.3, 0.4) is 0 Å². The molecule has 8 nitrogen and oxygen atoms in total. The van der Waals surface area contributed by atoms with Gasteiger partial charge in [0.1, 0.15) is 31.1 Å². The molecule has 2 heterocycles. The fourth-order valence-corrected chi connectivity index (χ4v) is 4.35. The number of hydrogen-bond donors (Lipinski definition) is 1. The fraction of sp³-hybridized carbons (Fsp3) is 0.400. The normalized spacial score (nSPS) is 20.3. The molecule has 0 saturated carbocycles. The number of rotatable bonds is 9. The van der Waals surface area contributed by atoms with Gasteiger partial charge in [0, 0.05) is 18.1 Å². The minimum atomic E-state index is -0.832. The second kappa shape index (κ2) is 10.8. The van der Waals surface area contributed by atoms with Crippen LogP contribution in [0.5, 0.6) is 5.75 Å². The summed E-state index contributed by atoms with van der Waals surface area (Å²) in [6.07, 6.45) is 5.19. The largest absolute Gasteiger partial charge is 0.486 e. The molecular weight excluding hydrogens is 464 g/mol. The van der Waals surface area contributed by atoms with Crippen molar-refractivity contribution in [3.8, 4) is 5.75 Å². The summed E-state index contributed by atoms with van der Waals surface area (Å²) in [5, 5.41) is 8.83. The Bertz CT molecular complexity index is 1110. The number of aliphatic hydroxyl groups excluding tert-OH is 1. The van der Waals surface area contributed by atoms with Crippen LogP contribution in [0.2, 0.25) is 0 Å². The molecule has 10 heteroatoms. The number of hydrogen-bond acceptors (Lipinski definition) is 7. The summed E-state index contributed by atoms with van der Waals surface area (Å²) in [6, 6.07) is 3.81. The highest BCUT2D eigenvalue weighted by atomic mass is 19.1. The minimum absolute atomic E-state index is 0.00434. The number of Topliss-reactive ketones (excluding diaryl/α,β-unsaturated/α-hetero) is 2. The lowest BCUT2D eigenvalue weighted by Crippen LogP contribution is -2.27. The smallest absolute Gasteiger partial charge is 0.414 e. The van der Waals surface area contributed by atoms with Crippen LogP contribution in [-0.4, -0.2) is 48.6 Å². The van der Waals surface area contributed by atoms with E-state index in [0.29, 0.717) is 37.0 Å². The van der Waals surface area contributed by atoms with Gasteiger partial charge in [-0.2, -0.15) is 0 Å². The molecule has 1 aliphatic carbocycles. The molecule has 2 atom stereocenters. The van der Waals surface area contributed by atoms with Crippen molar-refractivity contribution in [3.63, 3.8) is 0 Å². The number of allylic oxidation sites excluding steroid dienone is 2. The van der Waals surface area contributed by atoms with Gasteiger partial charge in [-0.3, -0.25) is 14.5 Å². The Hall–Kier alpha value is -3.53. The second-order valence-corrected chi connectivity index (χ2v) is 8.60. The molecule has 1 amide bonds. The Labute approximate surface area is 200 Å². The number of ketones is 2. The number of cyclic esters (lactones) is 1. The number of carbonyl (C=O) groups is 3. The van der Waals surface area contributed by atoms with E-state index >= 15 is 8.78 Å². The molecular formula is C25H25F2NO7. The van der Waals surface area contributed by atoms with E-state index in [1.165, 1.54) is 12.5 Å². The minimum Gasteiger partial charge on any atom is -0.486 e. The van der Waals surface area contributed by atoms with Crippen LogP contribution in [-0.2, 0) is 14.3 Å². The number of nitrogens with zero attached hydrogens (tertiary/aromatic N) is 1. The van der Waals surface area contributed by atoms with E-state index in [2.05, 4.69) is 0 Å². The molecule has 0 bridgehead atoms. The Kier molecular flexibility index (Phi) is 7.60. The van der Waals surface area contributed by atoms with E-state index < -0.39 is 42.0 Å². The molecule has 35 heavy (non-hydrogen) atoms. The van der Waals surface area contributed by atoms with Crippen molar-refractivity contribution in [2.75, 3.05) is 24.7 Å². The van der Waals surface area contributed by atoms with Crippen molar-refractivity contribution in [3.05, 3.63) is 54.0 Å². The zero-order valence-electron chi connectivity index (χ0n) is 18.9. The van der Waals surface area contributed by atoms with Crippen molar-refractivity contribution < 1.29 is 42.2 Å². The average molecular weight is 489 g/mol. The van der Waals surface area contributed by atoms with Crippen molar-refractivity contribution in [2.45, 2.75) is 38.2 Å². The summed E-state index contributed by atoms with van der Waals surface area (Å²) < 4.78 is 45.8. The van der Waals surface area contributed by atoms with Crippen LogP contribution >= 0.6 is 0 Å². The van der Waals surface area contributed by atoms with Gasteiger partial charge in [-0.15, -0.1) is 0 Å². The molecule has 186 valence electrons. The summed E-state index contributed by atoms with van der Waals surface area (Å²) in [6.45, 7) is -0.691. The lowest BCUT2D eigenvalue weighted by Gasteiger charge is -2.16. The predicted octanol–water partition coefficient (Wildman–Crippen LogP) is 4.06. The molecule has 1 fully saturated rings. The van der Waals surface area contributed by atoms with E-state index in [4.69, 9.17) is 19.0 Å². The summed E-state index contributed by atoms with van der Waals surface area (Å²) >= 11 is 0. The quantitative estimate of drug-likeness (QED) is 0.530. The number of ether oxygens (including phenoxy) is 2. The number of carbonyl (C=O) groups excluding carboxylic acids is 3. The van der Waals surface area contributed by atoms with Crippen molar-refractivity contribution in [1.29, 1.82) is 0 Å². The zero-order chi connectivity index (χ0) is 24.9. The maximum absolute atomic E-state index is 15.1. The van der Waals surface area contributed by atoms with Crippen LogP contribution in [0.15, 0.2) is 41.2 Å². The highest BCUT2D eigenvalue weighted by Gasteiger charge is 2.34. The molecule has 1 aromatic carbocycles. The molecule has 2 aliphatic rings. The van der Waals surface area contributed by atoms with E-state index in [9.17, 15) is 14.4 Å². The summed E-state index contributed by atoms with van der Waals surface area (Å²) in [5.74, 6) is -2.74. The summed E-state index contributed by atoms with van der Waals surface area (Å²) in [7, 11) is 0. The average Bonchev–Trinajstić information content (AvgIpc) is 3.42. The predicted molar refractivity (Wildman–Crippen MR) is 120 cm³/mol. The first kappa shape index (κ1) is 24.6. The van der Waals surface area contributed by atoms with E-state index in [-0.39, 0.29) is 36.7 Å². The van der Waals surface area contributed by atoms with Gasteiger partial charge in [0.15, 0.2) is 11.9 Å². The van der Waals surface area contributed by atoms with Gasteiger partial charge in [-0.25, -0.2) is 13.6 Å². The van der Waals surface area contributed by atoms with Gasteiger partial charge in [0.05, 0.1) is 18.5 Å². The lowest BCUT2D eigenvalue weighted by atomic mass is 9.94. The molecule has 2 unspecified atom stereocenters. The Morgan fingerprint density at radius 3 is 2.66 bits per heavy atom. The lowest BCUT2D eigenvalue weighted by molar-refractivity contribution is -0.138. The van der Waals surface area contributed by atoms with Gasteiger partial charge in [-0.05, 0) is 49.3 Å². The highest BCUT2D eigenvalue weighted by Crippen LogP contribution is 2.35. The van der Waals surface area contributed by atoms with Gasteiger partial charge >= 0.3 is 6.09 Å². The van der Waals surface area contributed by atoms with E-state index in [1.807, 2.05) is 0 Å². The molecule has 0 radical (unpaired) electrons. The van der Waals surface area contributed by atoms with Crippen molar-refractivity contribution in [2.24, 2.45) is 5.92 Å². The number of halogens is 2. The van der Waals surface area contributed by atoms with Crippen LogP contribution in [0, 0.1) is 17.6 Å². The molecule has 1 aliphatic heterocycles. The van der Waals surface area contributed by atoms with Crippen LogP contribution in [0.1, 0.15) is 37.7 Å². The second-order valence-electron chi connectivity index (χ2n) is 8.60. The van der Waals surface area contributed by atoms with E-state index in [1.54, 1.807) is 12.1 Å². The number of anilines is 1. The van der Waals surface area contributed by atoms with Crippen molar-refractivity contribution in [1.82, 2.24) is 0 Å². The molecule has 1 N–H and O–H groups in total. The van der Waals surface area contributed by atoms with Crippen LogP contribution in [0.4, 0.5) is 19.3 Å². The molecule has 1 saturated heterocycles. The van der Waals surface area contributed by atoms with Crippen molar-refractivity contribution >= 4 is 28.9 Å². The third-order valence-corrected chi connectivity index (χ3v) is 6.15. The van der Waals surface area contributed by atoms with E-state index in [0.717, 1.165) is 17.0 Å². The van der Waals surface area contributed by atoms with Gasteiger partial charge in [-0.1, -0.05) is 6.08 Å². The SMILES string of the molecule is O=C(CO)C(=O)CC1CC=C(c2c(F)cc(N3CC(COc4ccoc4)OC3=O)cc2F)CCC1. The standard InChI is InChI=1S/C25H25F2NO7/c26-20-9-17(28-11-19(35-25(28)32)14-34-18-6-7-33-13-18)10-21(27)24(20)16-3-1-2-15(4-5-16)8-22(30)23(31)12-29/h5-7,9-10,13,15,19,29H,1-4,8,11-12,14H2. The monoisotopic (exact) mass is 489 g/mol. The number of furan rings is 1. The topological polar surface area (TPSA) is 106 Å². The maximum Gasteiger partial charge on any atom is 0.414 e. The number of aliphatic hydroxyl groups is 1. The summed E-state index contributed by atoms with van der Waals surface area (Å²) in [4.78, 5) is 36.6. The summed E-state index contributed by atoms with van der Waals surface area (Å²) in [5.41, 5.74) is 0.352. The third kappa shape index (κ3) is 5.76. The van der Waals surface area contributed by atoms with Gasteiger partial charge in [0.2, 0.25) is 11.6 Å². The first-order valence-electron chi connectivity index (χ1n) is 11.3. The molecule has 0 spiro atoms. The Balaban J connectivity index is 1.44. The molecule has 2 aromatic rings. The fourth-order valence-electron chi connectivity index (χ4n) is 4.35. The Morgan fingerprint density at radius 2 is 1.97 bits per heavy atom. The molecule has 4 rings (SSSR count). The number of amides is 1. The van der Waals surface area contributed by atoms with Gasteiger partial charge < -0.3 is 19.0 Å². The van der Waals surface area contributed by atoms with Crippen LogP contribution < -0.4 is 9.64 Å². The number of benzene rings is 1. The zero-order valence-corrected chi connectivity index (χ0v) is 18.9. The first-order chi connectivity index (χ1) is 16.9. The third-order valence-electron chi connectivity index (χ3n) is 6.15. The highest BCUT2D eigenvalue weighted by molar-refractivity contribution is 6.37. The Morgan fingerprint density at radius 1 is 1.20 bits per heavy atom. The maximum atomic E-state index is 15.1. The van der Waals surface area contributed by atoms with Crippen LogP contribution in [0.25, 0.3) is 5.57 Å². The molecule has 1 aromatic heterocycles.